The highest BCUT2D eigenvalue weighted by Gasteiger charge is 2.19. The molecular weight excluding hydrogens is 410 g/mol. The maximum atomic E-state index is 12.6. The van der Waals surface area contributed by atoms with E-state index in [0.717, 1.165) is 47.8 Å². The zero-order valence-electron chi connectivity index (χ0n) is 16.3. The van der Waals surface area contributed by atoms with E-state index in [1.807, 2.05) is 42.1 Å². The number of rotatable bonds is 5. The molecule has 3 aromatic rings. The number of halogens is 1. The number of methoxy groups -OCH3 is 1. The van der Waals surface area contributed by atoms with Gasteiger partial charge in [-0.25, -0.2) is 4.98 Å². The van der Waals surface area contributed by atoms with Gasteiger partial charge in [0.05, 0.1) is 18.8 Å². The van der Waals surface area contributed by atoms with Crippen LogP contribution in [0.5, 0.6) is 5.75 Å². The maximum Gasteiger partial charge on any atom is 0.277 e. The molecular formula is C20H24ClN5O2S. The highest BCUT2D eigenvalue weighted by molar-refractivity contribution is 7.16. The van der Waals surface area contributed by atoms with Crippen LogP contribution < -0.4 is 15.4 Å². The first-order chi connectivity index (χ1) is 13.6. The van der Waals surface area contributed by atoms with Gasteiger partial charge in [-0.3, -0.25) is 14.8 Å². The molecule has 9 heteroatoms. The van der Waals surface area contributed by atoms with E-state index in [1.165, 1.54) is 11.3 Å². The molecule has 3 heterocycles. The van der Waals surface area contributed by atoms with E-state index < -0.39 is 0 Å². The van der Waals surface area contributed by atoms with Crippen molar-refractivity contribution in [2.24, 2.45) is 0 Å². The predicted octanol–water partition coefficient (Wildman–Crippen LogP) is 3.92. The number of nitrogens with zero attached hydrogens (tertiary/aromatic N) is 3. The van der Waals surface area contributed by atoms with Crippen LogP contribution in [-0.2, 0) is 0 Å². The zero-order chi connectivity index (χ0) is 19.5. The molecule has 154 valence electrons. The summed E-state index contributed by atoms with van der Waals surface area (Å²) in [4.78, 5) is 18.2. The van der Waals surface area contributed by atoms with Crippen molar-refractivity contribution in [2.45, 2.75) is 25.8 Å². The van der Waals surface area contributed by atoms with E-state index in [2.05, 4.69) is 20.7 Å². The molecule has 1 aliphatic rings. The normalized spacial score (nSPS) is 16.1. The Morgan fingerprint density at radius 3 is 2.79 bits per heavy atom. The smallest absolute Gasteiger partial charge is 0.277 e. The lowest BCUT2D eigenvalue weighted by molar-refractivity contribution is 0.102. The Morgan fingerprint density at radius 1 is 1.31 bits per heavy atom. The summed E-state index contributed by atoms with van der Waals surface area (Å²) in [6.07, 6.45) is 4.08. The Labute approximate surface area is 179 Å². The Balaban J connectivity index is 0.00000240. The number of benzene rings is 1. The quantitative estimate of drug-likeness (QED) is 0.637. The van der Waals surface area contributed by atoms with Crippen molar-refractivity contribution < 1.29 is 9.53 Å². The largest absolute Gasteiger partial charge is 0.497 e. The van der Waals surface area contributed by atoms with E-state index in [4.69, 9.17) is 4.74 Å². The molecule has 29 heavy (non-hydrogen) atoms. The summed E-state index contributed by atoms with van der Waals surface area (Å²) in [5.74, 6) is 0.562. The van der Waals surface area contributed by atoms with Crippen molar-refractivity contribution >= 4 is 34.8 Å². The minimum Gasteiger partial charge on any atom is -0.497 e. The number of ether oxygens (including phenoxy) is 1. The van der Waals surface area contributed by atoms with Crippen LogP contribution in [-0.4, -0.2) is 40.9 Å². The van der Waals surface area contributed by atoms with Crippen molar-refractivity contribution in [3.05, 3.63) is 47.1 Å². The van der Waals surface area contributed by atoms with Crippen molar-refractivity contribution in [3.63, 3.8) is 0 Å². The number of hydrogen-bond acceptors (Lipinski definition) is 6. The lowest BCUT2D eigenvalue weighted by Gasteiger charge is -2.22. The Morgan fingerprint density at radius 2 is 2.10 bits per heavy atom. The summed E-state index contributed by atoms with van der Waals surface area (Å²) in [6, 6.07) is 9.80. The number of amides is 1. The average molecular weight is 434 g/mol. The van der Waals surface area contributed by atoms with Crippen LogP contribution >= 0.6 is 23.7 Å². The molecule has 0 saturated carbocycles. The summed E-state index contributed by atoms with van der Waals surface area (Å²) in [5, 5.41) is 11.3. The van der Waals surface area contributed by atoms with E-state index in [1.54, 1.807) is 13.2 Å². The molecule has 0 radical (unpaired) electrons. The SMILES string of the molecule is COc1ccc(-c2nc(NC(=O)c3ccn(C4CCCNC4)n3)sc2C)cc1.Cl. The molecule has 1 unspecified atom stereocenters. The second-order valence-electron chi connectivity index (χ2n) is 6.79. The first-order valence-electron chi connectivity index (χ1n) is 9.33. The molecule has 2 N–H and O–H groups in total. The Hall–Kier alpha value is -2.42. The highest BCUT2D eigenvalue weighted by atomic mass is 35.5. The number of hydrogen-bond donors (Lipinski definition) is 2. The van der Waals surface area contributed by atoms with Crippen LogP contribution in [0.2, 0.25) is 0 Å². The van der Waals surface area contributed by atoms with Crippen LogP contribution in [0.25, 0.3) is 11.3 Å². The fourth-order valence-electron chi connectivity index (χ4n) is 3.35. The second-order valence-corrected chi connectivity index (χ2v) is 7.99. The molecule has 4 rings (SSSR count). The average Bonchev–Trinajstić information content (AvgIpc) is 3.36. The van der Waals surface area contributed by atoms with Crippen LogP contribution in [0.15, 0.2) is 36.5 Å². The van der Waals surface area contributed by atoms with Gasteiger partial charge in [-0.1, -0.05) is 0 Å². The minimum atomic E-state index is -0.238. The number of thiazole rings is 1. The van der Waals surface area contributed by atoms with Gasteiger partial charge in [0.15, 0.2) is 10.8 Å². The summed E-state index contributed by atoms with van der Waals surface area (Å²) in [6.45, 7) is 3.93. The number of nitrogens with one attached hydrogen (secondary N) is 2. The molecule has 1 saturated heterocycles. The summed E-state index contributed by atoms with van der Waals surface area (Å²) < 4.78 is 7.09. The van der Waals surface area contributed by atoms with E-state index in [0.29, 0.717) is 16.9 Å². The second kappa shape index (κ2) is 9.39. The molecule has 0 spiro atoms. The van der Waals surface area contributed by atoms with Gasteiger partial charge < -0.3 is 10.1 Å². The molecule has 7 nitrogen and oxygen atoms in total. The zero-order valence-corrected chi connectivity index (χ0v) is 18.0. The molecule has 1 atom stereocenters. The van der Waals surface area contributed by atoms with Crippen molar-refractivity contribution in [1.82, 2.24) is 20.1 Å². The van der Waals surface area contributed by atoms with Gasteiger partial charge in [-0.15, -0.1) is 23.7 Å². The summed E-state index contributed by atoms with van der Waals surface area (Å²) in [7, 11) is 1.64. The summed E-state index contributed by atoms with van der Waals surface area (Å²) >= 11 is 1.46. The fraction of sp³-hybridized carbons (Fsp3) is 0.350. The van der Waals surface area contributed by atoms with Gasteiger partial charge in [0, 0.05) is 23.2 Å². The van der Waals surface area contributed by atoms with Gasteiger partial charge in [-0.05, 0) is 56.6 Å². The first kappa shape index (κ1) is 21.3. The van der Waals surface area contributed by atoms with Crippen LogP contribution in [0.1, 0.15) is 34.2 Å². The van der Waals surface area contributed by atoms with Gasteiger partial charge in [0.25, 0.3) is 5.91 Å². The molecule has 0 bridgehead atoms. The monoisotopic (exact) mass is 433 g/mol. The Bertz CT molecular complexity index is 964. The number of piperidine rings is 1. The maximum absolute atomic E-state index is 12.6. The van der Waals surface area contributed by atoms with Crippen LogP contribution in [0.3, 0.4) is 0 Å². The number of carbonyl (C=O) groups excluding carboxylic acids is 1. The van der Waals surface area contributed by atoms with Crippen LogP contribution in [0, 0.1) is 6.92 Å². The van der Waals surface area contributed by atoms with Crippen molar-refractivity contribution in [2.75, 3.05) is 25.5 Å². The number of aryl methyl sites for hydroxylation is 1. The highest BCUT2D eigenvalue weighted by Crippen LogP contribution is 2.31. The summed E-state index contributed by atoms with van der Waals surface area (Å²) in [5.41, 5.74) is 2.26. The Kier molecular flexibility index (Phi) is 6.89. The first-order valence-corrected chi connectivity index (χ1v) is 10.1. The van der Waals surface area contributed by atoms with Crippen LogP contribution in [0.4, 0.5) is 5.13 Å². The third-order valence-electron chi connectivity index (χ3n) is 4.87. The number of carbonyl (C=O) groups is 1. The lowest BCUT2D eigenvalue weighted by atomic mass is 10.1. The third kappa shape index (κ3) is 4.77. The number of anilines is 1. The molecule has 1 fully saturated rings. The van der Waals surface area contributed by atoms with Crippen molar-refractivity contribution in [3.8, 4) is 17.0 Å². The van der Waals surface area contributed by atoms with Gasteiger partial charge in [-0.2, -0.15) is 5.10 Å². The van der Waals surface area contributed by atoms with Crippen molar-refractivity contribution in [1.29, 1.82) is 0 Å². The number of aromatic nitrogens is 3. The van der Waals surface area contributed by atoms with Gasteiger partial charge >= 0.3 is 0 Å². The third-order valence-corrected chi connectivity index (χ3v) is 5.75. The molecule has 1 aliphatic heterocycles. The van der Waals surface area contributed by atoms with E-state index in [9.17, 15) is 4.79 Å². The molecule has 0 aliphatic carbocycles. The fourth-order valence-corrected chi connectivity index (χ4v) is 4.18. The standard InChI is InChI=1S/C20H23N5O2S.ClH/c1-13-18(14-5-7-16(27-2)8-6-14)22-20(28-13)23-19(26)17-9-11-25(24-17)15-4-3-10-21-12-15;/h5-9,11,15,21H,3-4,10,12H2,1-2H3,(H,22,23,26);1H. The molecule has 2 aromatic heterocycles. The molecule has 1 amide bonds. The van der Waals surface area contributed by atoms with Gasteiger partial charge in [0.2, 0.25) is 0 Å². The predicted molar refractivity (Wildman–Crippen MR) is 117 cm³/mol. The topological polar surface area (TPSA) is 81.1 Å². The van der Waals surface area contributed by atoms with Gasteiger partial charge in [0.1, 0.15) is 5.75 Å². The van der Waals surface area contributed by atoms with E-state index >= 15 is 0 Å². The lowest BCUT2D eigenvalue weighted by Crippen LogP contribution is -2.32. The molecule has 1 aromatic carbocycles. The van der Waals surface area contributed by atoms with E-state index in [-0.39, 0.29) is 18.3 Å². The minimum absolute atomic E-state index is 0.